The van der Waals surface area contributed by atoms with Crippen molar-refractivity contribution in [1.29, 1.82) is 0 Å². The Balaban J connectivity index is 2.59. The molecule has 0 unspecified atom stereocenters. The van der Waals surface area contributed by atoms with E-state index in [1.165, 1.54) is 18.5 Å². The molecule has 16 heavy (non-hydrogen) atoms. The van der Waals surface area contributed by atoms with Gasteiger partial charge in [-0.1, -0.05) is 0 Å². The molecule has 0 saturated heterocycles. The highest BCUT2D eigenvalue weighted by Crippen LogP contribution is 2.31. The summed E-state index contributed by atoms with van der Waals surface area (Å²) in [6, 6.07) is 1.27. The normalized spacial score (nSPS) is 10.3. The lowest BCUT2D eigenvalue weighted by Gasteiger charge is -2.01. The number of pyridine rings is 1. The predicted molar refractivity (Wildman–Crippen MR) is 58.5 cm³/mol. The fourth-order valence-corrected chi connectivity index (χ4v) is 1.61. The van der Waals surface area contributed by atoms with Gasteiger partial charge in [-0.2, -0.15) is 0 Å². The highest BCUT2D eigenvalue weighted by molar-refractivity contribution is 9.10. The number of nitrogen functional groups attached to an aromatic ring is 1. The van der Waals surface area contributed by atoms with Crippen LogP contribution in [0.3, 0.4) is 0 Å². The zero-order valence-corrected chi connectivity index (χ0v) is 9.34. The smallest absolute Gasteiger partial charge is 0.312 e. The Morgan fingerprint density at radius 2 is 2.31 bits per heavy atom. The summed E-state index contributed by atoms with van der Waals surface area (Å²) in [5.41, 5.74) is 5.52. The Bertz CT molecular complexity index is 540. The molecule has 2 rings (SSSR count). The van der Waals surface area contributed by atoms with Crippen molar-refractivity contribution in [3.05, 3.63) is 33.1 Å². The molecule has 0 saturated carbocycles. The largest absolute Gasteiger partial charge is 0.443 e. The van der Waals surface area contributed by atoms with Crippen LogP contribution in [0.4, 0.5) is 11.5 Å². The summed E-state index contributed by atoms with van der Waals surface area (Å²) >= 11 is 3.15. The molecular formula is C8H5BrN4O3. The van der Waals surface area contributed by atoms with E-state index in [9.17, 15) is 10.1 Å². The monoisotopic (exact) mass is 284 g/mol. The molecule has 0 amide bonds. The van der Waals surface area contributed by atoms with Crippen LogP contribution in [0.15, 0.2) is 27.4 Å². The first-order chi connectivity index (χ1) is 7.59. The minimum atomic E-state index is -0.605. The highest BCUT2D eigenvalue weighted by atomic mass is 79.9. The van der Waals surface area contributed by atoms with Gasteiger partial charge in [0.15, 0.2) is 0 Å². The molecule has 0 bridgehead atoms. The number of nitro groups is 1. The second-order valence-corrected chi connectivity index (χ2v) is 3.67. The third-order valence-corrected chi connectivity index (χ3v) is 2.42. The van der Waals surface area contributed by atoms with Gasteiger partial charge in [-0.25, -0.2) is 9.97 Å². The number of anilines is 1. The molecule has 0 aromatic carbocycles. The van der Waals surface area contributed by atoms with Crippen LogP contribution in [0.5, 0.6) is 0 Å². The average Bonchev–Trinajstić information content (AvgIpc) is 2.73. The lowest BCUT2D eigenvalue weighted by atomic mass is 10.3. The van der Waals surface area contributed by atoms with Crippen LogP contribution in [0.2, 0.25) is 0 Å². The number of hydrogen-bond donors (Lipinski definition) is 1. The van der Waals surface area contributed by atoms with Crippen LogP contribution in [-0.4, -0.2) is 14.9 Å². The summed E-state index contributed by atoms with van der Waals surface area (Å²) in [5, 5.41) is 10.6. The van der Waals surface area contributed by atoms with Crippen LogP contribution in [0, 0.1) is 10.1 Å². The molecule has 2 heterocycles. The van der Waals surface area contributed by atoms with Crippen molar-refractivity contribution in [3.8, 4) is 11.6 Å². The number of nitrogens with two attached hydrogens (primary N) is 1. The summed E-state index contributed by atoms with van der Waals surface area (Å²) < 4.78 is 5.43. The zero-order valence-electron chi connectivity index (χ0n) is 7.75. The quantitative estimate of drug-likeness (QED) is 0.667. The van der Waals surface area contributed by atoms with E-state index < -0.39 is 4.92 Å². The summed E-state index contributed by atoms with van der Waals surface area (Å²) in [5.74, 6) is 0.0647. The van der Waals surface area contributed by atoms with Crippen LogP contribution < -0.4 is 5.73 Å². The molecule has 8 heteroatoms. The van der Waals surface area contributed by atoms with E-state index in [-0.39, 0.29) is 17.4 Å². The van der Waals surface area contributed by atoms with Gasteiger partial charge in [-0.15, -0.1) is 0 Å². The van der Waals surface area contributed by atoms with Crippen molar-refractivity contribution in [2.24, 2.45) is 0 Å². The molecule has 2 N–H and O–H groups in total. The van der Waals surface area contributed by atoms with E-state index in [0.717, 1.165) is 0 Å². The van der Waals surface area contributed by atoms with Crippen molar-refractivity contribution in [2.75, 3.05) is 5.73 Å². The molecule has 0 aliphatic carbocycles. The van der Waals surface area contributed by atoms with Gasteiger partial charge < -0.3 is 10.2 Å². The maximum absolute atomic E-state index is 10.6. The first-order valence-electron chi connectivity index (χ1n) is 4.10. The van der Waals surface area contributed by atoms with Crippen LogP contribution in [-0.2, 0) is 0 Å². The first kappa shape index (κ1) is 10.6. The van der Waals surface area contributed by atoms with E-state index in [2.05, 4.69) is 25.9 Å². The van der Waals surface area contributed by atoms with Gasteiger partial charge >= 0.3 is 5.69 Å². The number of nitrogens with zero attached hydrogens (tertiary/aromatic N) is 3. The van der Waals surface area contributed by atoms with E-state index in [4.69, 9.17) is 10.2 Å². The van der Waals surface area contributed by atoms with Gasteiger partial charge in [0.1, 0.15) is 12.0 Å². The number of halogens is 1. The zero-order chi connectivity index (χ0) is 11.7. The van der Waals surface area contributed by atoms with Gasteiger partial charge in [-0.3, -0.25) is 10.1 Å². The fraction of sp³-hybridized carbons (Fsp3) is 0. The lowest BCUT2D eigenvalue weighted by Crippen LogP contribution is -2.00. The number of rotatable bonds is 2. The summed E-state index contributed by atoms with van der Waals surface area (Å²) in [7, 11) is 0. The van der Waals surface area contributed by atoms with E-state index in [1.54, 1.807) is 0 Å². The van der Waals surface area contributed by atoms with Crippen LogP contribution >= 0.6 is 15.9 Å². The third-order valence-electron chi connectivity index (χ3n) is 1.82. The summed E-state index contributed by atoms with van der Waals surface area (Å²) in [6.45, 7) is 0. The molecule has 0 aliphatic rings. The van der Waals surface area contributed by atoms with Gasteiger partial charge in [-0.05, 0) is 15.9 Å². The molecule has 0 radical (unpaired) electrons. The molecule has 2 aromatic heterocycles. The summed E-state index contributed by atoms with van der Waals surface area (Å²) in [6.07, 6.45) is 2.82. The Labute approximate surface area is 97.6 Å². The highest BCUT2D eigenvalue weighted by Gasteiger charge is 2.19. The second kappa shape index (κ2) is 3.89. The maximum Gasteiger partial charge on any atom is 0.312 e. The van der Waals surface area contributed by atoms with E-state index in [0.29, 0.717) is 10.2 Å². The van der Waals surface area contributed by atoms with Crippen LogP contribution in [0.1, 0.15) is 0 Å². The minimum absolute atomic E-state index is 0.179. The topological polar surface area (TPSA) is 108 Å². The van der Waals surface area contributed by atoms with Crippen molar-refractivity contribution < 1.29 is 9.34 Å². The lowest BCUT2D eigenvalue weighted by molar-refractivity contribution is -0.384. The molecule has 0 aliphatic heterocycles. The van der Waals surface area contributed by atoms with E-state index in [1.807, 2.05) is 0 Å². The molecule has 82 valence electrons. The first-order valence-corrected chi connectivity index (χ1v) is 4.89. The Morgan fingerprint density at radius 1 is 1.56 bits per heavy atom. The number of hydrogen-bond acceptors (Lipinski definition) is 6. The SMILES string of the molecule is Nc1nc(-c2ncco2)c(Br)cc1[N+](=O)[O-]. The summed E-state index contributed by atoms with van der Waals surface area (Å²) in [4.78, 5) is 17.7. The number of aromatic nitrogens is 2. The molecule has 0 fully saturated rings. The third kappa shape index (κ3) is 1.74. The minimum Gasteiger partial charge on any atom is -0.443 e. The maximum atomic E-state index is 10.6. The Hall–Kier alpha value is -1.96. The molecular weight excluding hydrogens is 280 g/mol. The second-order valence-electron chi connectivity index (χ2n) is 2.82. The van der Waals surface area contributed by atoms with Crippen molar-refractivity contribution >= 4 is 27.4 Å². The standard InChI is InChI=1S/C8H5BrN4O3/c9-4-3-5(13(14)15)7(10)12-6(4)8-11-1-2-16-8/h1-3H,(H2,10,12). The fourth-order valence-electron chi connectivity index (χ4n) is 1.13. The van der Waals surface area contributed by atoms with Gasteiger partial charge in [0.05, 0.1) is 15.6 Å². The molecule has 0 spiro atoms. The van der Waals surface area contributed by atoms with Crippen molar-refractivity contribution in [3.63, 3.8) is 0 Å². The van der Waals surface area contributed by atoms with E-state index >= 15 is 0 Å². The van der Waals surface area contributed by atoms with Crippen molar-refractivity contribution in [2.45, 2.75) is 0 Å². The van der Waals surface area contributed by atoms with Gasteiger partial charge in [0, 0.05) is 6.07 Å². The molecule has 2 aromatic rings. The molecule has 0 atom stereocenters. The predicted octanol–water partition coefficient (Wildman–Crippen LogP) is 1.99. The Kier molecular flexibility index (Phi) is 2.57. The van der Waals surface area contributed by atoms with Gasteiger partial charge in [0.25, 0.3) is 0 Å². The average molecular weight is 285 g/mol. The van der Waals surface area contributed by atoms with Crippen molar-refractivity contribution in [1.82, 2.24) is 9.97 Å². The Morgan fingerprint density at radius 3 is 2.88 bits per heavy atom. The molecule has 7 nitrogen and oxygen atoms in total. The van der Waals surface area contributed by atoms with Gasteiger partial charge in [0.2, 0.25) is 11.7 Å². The number of oxazole rings is 1. The van der Waals surface area contributed by atoms with Crippen LogP contribution in [0.25, 0.3) is 11.6 Å².